The number of hydrogen-bond donors (Lipinski definition) is 0. The summed E-state index contributed by atoms with van der Waals surface area (Å²) in [4.78, 5) is 1.34. The Bertz CT molecular complexity index is 463. The third-order valence-electron chi connectivity index (χ3n) is 2.80. The molecule has 0 spiro atoms. The van der Waals surface area contributed by atoms with Gasteiger partial charge in [-0.15, -0.1) is 11.8 Å². The first kappa shape index (κ1) is 11.3. The predicted octanol–water partition coefficient (Wildman–Crippen LogP) is 4.69. The van der Waals surface area contributed by atoms with E-state index in [-0.39, 0.29) is 0 Å². The van der Waals surface area contributed by atoms with Crippen molar-refractivity contribution >= 4 is 11.8 Å². The van der Waals surface area contributed by atoms with E-state index < -0.39 is 0 Å². The zero-order valence-electron chi connectivity index (χ0n) is 9.95. The van der Waals surface area contributed by atoms with Crippen LogP contribution in [0, 0.1) is 13.8 Å². The van der Waals surface area contributed by atoms with E-state index in [4.69, 9.17) is 0 Å². The molecule has 16 heavy (non-hydrogen) atoms. The molecule has 1 heteroatoms. The van der Waals surface area contributed by atoms with Gasteiger partial charge in [-0.1, -0.05) is 30.3 Å². The van der Waals surface area contributed by atoms with Crippen molar-refractivity contribution in [3.05, 3.63) is 53.6 Å². The molecule has 2 rings (SSSR count). The minimum atomic E-state index is 1.31. The Labute approximate surface area is 102 Å². The first-order chi connectivity index (χ1) is 7.72. The monoisotopic (exact) mass is 228 g/mol. The fourth-order valence-corrected chi connectivity index (χ4v) is 2.69. The molecule has 0 aliphatic heterocycles. The number of hydrogen-bond acceptors (Lipinski definition) is 1. The van der Waals surface area contributed by atoms with Gasteiger partial charge < -0.3 is 0 Å². The Morgan fingerprint density at radius 1 is 0.875 bits per heavy atom. The maximum Gasteiger partial charge on any atom is 0.00748 e. The number of benzene rings is 2. The maximum atomic E-state index is 2.26. The Hall–Kier alpha value is -1.21. The summed E-state index contributed by atoms with van der Waals surface area (Å²) in [5, 5.41) is 0. The van der Waals surface area contributed by atoms with Crippen molar-refractivity contribution in [2.45, 2.75) is 18.7 Å². The van der Waals surface area contributed by atoms with Gasteiger partial charge in [0.25, 0.3) is 0 Å². The summed E-state index contributed by atoms with van der Waals surface area (Å²) < 4.78 is 0. The minimum Gasteiger partial charge on any atom is -0.130 e. The summed E-state index contributed by atoms with van der Waals surface area (Å²) >= 11 is 1.80. The third-order valence-corrected chi connectivity index (χ3v) is 3.51. The summed E-state index contributed by atoms with van der Waals surface area (Å²) in [7, 11) is 0. The van der Waals surface area contributed by atoms with Gasteiger partial charge in [-0.3, -0.25) is 0 Å². The van der Waals surface area contributed by atoms with Crippen molar-refractivity contribution in [3.63, 3.8) is 0 Å². The normalized spacial score (nSPS) is 10.4. The van der Waals surface area contributed by atoms with Crippen LogP contribution in [0.4, 0.5) is 0 Å². The van der Waals surface area contributed by atoms with Gasteiger partial charge in [-0.25, -0.2) is 0 Å². The molecule has 0 heterocycles. The highest BCUT2D eigenvalue weighted by molar-refractivity contribution is 7.98. The average molecular weight is 228 g/mol. The van der Waals surface area contributed by atoms with Crippen molar-refractivity contribution in [1.82, 2.24) is 0 Å². The van der Waals surface area contributed by atoms with E-state index in [0.29, 0.717) is 0 Å². The molecule has 82 valence electrons. The molecule has 2 aromatic rings. The number of rotatable bonds is 2. The lowest BCUT2D eigenvalue weighted by molar-refractivity contribution is 1.30. The van der Waals surface area contributed by atoms with Crippen LogP contribution in [0.2, 0.25) is 0 Å². The Balaban J connectivity index is 2.58. The molecule has 0 amide bonds. The van der Waals surface area contributed by atoms with Gasteiger partial charge in [0.1, 0.15) is 0 Å². The second kappa shape index (κ2) is 4.75. The summed E-state index contributed by atoms with van der Waals surface area (Å²) in [6, 6.07) is 15.1. The zero-order chi connectivity index (χ0) is 11.5. The molecular formula is C15H16S. The minimum absolute atomic E-state index is 1.31. The van der Waals surface area contributed by atoms with Crippen molar-refractivity contribution in [2.24, 2.45) is 0 Å². The molecule has 0 aliphatic carbocycles. The lowest BCUT2D eigenvalue weighted by atomic mass is 9.96. The van der Waals surface area contributed by atoms with Crippen molar-refractivity contribution in [3.8, 4) is 11.1 Å². The second-order valence-corrected chi connectivity index (χ2v) is 4.88. The summed E-state index contributed by atoms with van der Waals surface area (Å²) in [5.41, 5.74) is 5.40. The van der Waals surface area contributed by atoms with E-state index in [9.17, 15) is 0 Å². The van der Waals surface area contributed by atoms with E-state index in [2.05, 4.69) is 62.6 Å². The van der Waals surface area contributed by atoms with E-state index in [0.717, 1.165) is 0 Å². The van der Waals surface area contributed by atoms with Crippen molar-refractivity contribution in [2.75, 3.05) is 6.26 Å². The molecular weight excluding hydrogens is 212 g/mol. The van der Waals surface area contributed by atoms with E-state index in [1.54, 1.807) is 11.8 Å². The van der Waals surface area contributed by atoms with Crippen LogP contribution in [0.15, 0.2) is 47.4 Å². The molecule has 0 fully saturated rings. The Morgan fingerprint density at radius 2 is 1.44 bits per heavy atom. The van der Waals surface area contributed by atoms with Crippen LogP contribution < -0.4 is 0 Å². The molecule has 2 aromatic carbocycles. The zero-order valence-corrected chi connectivity index (χ0v) is 10.8. The molecule has 0 bridgehead atoms. The molecule has 0 aliphatic rings. The highest BCUT2D eigenvalue weighted by Crippen LogP contribution is 2.30. The molecule has 0 unspecified atom stereocenters. The van der Waals surface area contributed by atoms with Gasteiger partial charge in [-0.05, 0) is 54.5 Å². The fourth-order valence-electron chi connectivity index (χ4n) is 2.10. The Kier molecular flexibility index (Phi) is 3.35. The quantitative estimate of drug-likeness (QED) is 0.672. The van der Waals surface area contributed by atoms with Crippen LogP contribution in [0.3, 0.4) is 0 Å². The maximum absolute atomic E-state index is 2.26. The highest BCUT2D eigenvalue weighted by atomic mass is 32.2. The SMILES string of the molecule is CSc1cc(C)c(-c2ccccc2)c(C)c1. The molecule has 0 radical (unpaired) electrons. The van der Waals surface area contributed by atoms with E-state index in [1.165, 1.54) is 27.1 Å². The van der Waals surface area contributed by atoms with Crippen LogP contribution in [-0.2, 0) is 0 Å². The fraction of sp³-hybridized carbons (Fsp3) is 0.200. The lowest BCUT2D eigenvalue weighted by Crippen LogP contribution is -1.89. The third kappa shape index (κ3) is 2.14. The molecule has 0 saturated heterocycles. The van der Waals surface area contributed by atoms with Gasteiger partial charge in [0.2, 0.25) is 0 Å². The van der Waals surface area contributed by atoms with Crippen LogP contribution in [-0.4, -0.2) is 6.26 Å². The van der Waals surface area contributed by atoms with Crippen LogP contribution >= 0.6 is 11.8 Å². The van der Waals surface area contributed by atoms with Gasteiger partial charge in [-0.2, -0.15) is 0 Å². The molecule has 0 N–H and O–H groups in total. The topological polar surface area (TPSA) is 0 Å². The first-order valence-electron chi connectivity index (χ1n) is 5.43. The van der Waals surface area contributed by atoms with E-state index in [1.807, 2.05) is 0 Å². The van der Waals surface area contributed by atoms with Gasteiger partial charge >= 0.3 is 0 Å². The lowest BCUT2D eigenvalue weighted by Gasteiger charge is -2.11. The summed E-state index contributed by atoms with van der Waals surface area (Å²) in [6.45, 7) is 4.38. The average Bonchev–Trinajstić information content (AvgIpc) is 2.29. The Morgan fingerprint density at radius 3 is 1.94 bits per heavy atom. The second-order valence-electron chi connectivity index (χ2n) is 4.00. The van der Waals surface area contributed by atoms with Crippen molar-refractivity contribution < 1.29 is 0 Å². The van der Waals surface area contributed by atoms with Gasteiger partial charge in [0.05, 0.1) is 0 Å². The highest BCUT2D eigenvalue weighted by Gasteiger charge is 2.06. The largest absolute Gasteiger partial charge is 0.130 e. The molecule has 0 nitrogen and oxygen atoms in total. The smallest absolute Gasteiger partial charge is 0.00748 e. The van der Waals surface area contributed by atoms with Crippen LogP contribution in [0.5, 0.6) is 0 Å². The number of aryl methyl sites for hydroxylation is 2. The number of thioether (sulfide) groups is 1. The van der Waals surface area contributed by atoms with Crippen molar-refractivity contribution in [1.29, 1.82) is 0 Å². The van der Waals surface area contributed by atoms with Crippen LogP contribution in [0.25, 0.3) is 11.1 Å². The van der Waals surface area contributed by atoms with Gasteiger partial charge in [0, 0.05) is 4.90 Å². The molecule has 0 aromatic heterocycles. The standard InChI is InChI=1S/C15H16S/c1-11-9-14(16-3)10-12(2)15(11)13-7-5-4-6-8-13/h4-10H,1-3H3. The first-order valence-corrected chi connectivity index (χ1v) is 6.65. The predicted molar refractivity (Wildman–Crippen MR) is 73.1 cm³/mol. The summed E-state index contributed by atoms with van der Waals surface area (Å²) in [6.07, 6.45) is 2.12. The summed E-state index contributed by atoms with van der Waals surface area (Å²) in [5.74, 6) is 0. The van der Waals surface area contributed by atoms with Gasteiger partial charge in [0.15, 0.2) is 0 Å². The molecule has 0 atom stereocenters. The molecule has 0 saturated carbocycles. The van der Waals surface area contributed by atoms with Crippen LogP contribution in [0.1, 0.15) is 11.1 Å². The van der Waals surface area contributed by atoms with E-state index >= 15 is 0 Å².